The van der Waals surface area contributed by atoms with Gasteiger partial charge < -0.3 is 15.8 Å². The number of nitrogens with two attached hydrogens (primary N) is 1. The number of benzene rings is 1. The Morgan fingerprint density at radius 1 is 1.38 bits per heavy atom. The summed E-state index contributed by atoms with van der Waals surface area (Å²) in [5.74, 6) is 0.560. The first-order valence-electron chi connectivity index (χ1n) is 7.96. The van der Waals surface area contributed by atoms with Crippen LogP contribution in [0.15, 0.2) is 24.3 Å². The van der Waals surface area contributed by atoms with Crippen molar-refractivity contribution in [3.05, 3.63) is 29.8 Å². The van der Waals surface area contributed by atoms with Crippen molar-refractivity contribution in [1.82, 2.24) is 5.32 Å². The van der Waals surface area contributed by atoms with Gasteiger partial charge in [0, 0.05) is 12.5 Å². The molecule has 1 aliphatic rings. The molecule has 0 spiro atoms. The number of carbonyl (C=O) groups is 1. The van der Waals surface area contributed by atoms with Gasteiger partial charge in [0.1, 0.15) is 5.75 Å². The van der Waals surface area contributed by atoms with Gasteiger partial charge in [-0.2, -0.15) is 0 Å². The van der Waals surface area contributed by atoms with E-state index in [1.807, 2.05) is 12.1 Å². The van der Waals surface area contributed by atoms with Crippen LogP contribution in [0.5, 0.6) is 5.75 Å². The molecule has 0 bridgehead atoms. The maximum Gasteiger partial charge on any atom is 0.234 e. The largest absolute Gasteiger partial charge is 0.494 e. The van der Waals surface area contributed by atoms with Crippen LogP contribution >= 0.6 is 0 Å². The van der Waals surface area contributed by atoms with E-state index < -0.39 is 0 Å². The van der Waals surface area contributed by atoms with Crippen molar-refractivity contribution in [2.75, 3.05) is 6.61 Å². The molecule has 3 N–H and O–H groups in total. The maximum atomic E-state index is 11.4. The number of primary amides is 1. The lowest BCUT2D eigenvalue weighted by molar-refractivity contribution is -0.120. The molecule has 1 aromatic carbocycles. The van der Waals surface area contributed by atoms with Crippen molar-refractivity contribution in [2.45, 2.75) is 57.5 Å². The summed E-state index contributed by atoms with van der Waals surface area (Å²) in [7, 11) is 0. The van der Waals surface area contributed by atoms with E-state index in [1.165, 1.54) is 18.4 Å². The second-order valence-electron chi connectivity index (χ2n) is 5.78. The van der Waals surface area contributed by atoms with Gasteiger partial charge in [0.15, 0.2) is 0 Å². The molecule has 1 amide bonds. The number of amides is 1. The lowest BCUT2D eigenvalue weighted by atomic mass is 10.1. The number of ether oxygens (including phenoxy) is 1. The number of hydrogen-bond acceptors (Lipinski definition) is 3. The molecular formula is C17H26N2O2. The van der Waals surface area contributed by atoms with Gasteiger partial charge in [-0.25, -0.2) is 0 Å². The minimum Gasteiger partial charge on any atom is -0.494 e. The summed E-state index contributed by atoms with van der Waals surface area (Å²) in [6.45, 7) is 2.70. The average molecular weight is 290 g/mol. The Bertz CT molecular complexity index is 441. The summed E-state index contributed by atoms with van der Waals surface area (Å²) in [5.41, 5.74) is 6.74. The van der Waals surface area contributed by atoms with Crippen molar-refractivity contribution in [3.8, 4) is 5.75 Å². The minimum absolute atomic E-state index is 0.277. The summed E-state index contributed by atoms with van der Waals surface area (Å²) in [4.78, 5) is 11.4. The number of nitrogens with one attached hydrogen (secondary N) is 1. The molecule has 21 heavy (non-hydrogen) atoms. The fourth-order valence-corrected chi connectivity index (χ4v) is 2.27. The minimum atomic E-state index is -0.291. The molecule has 0 aliphatic heterocycles. The quantitative estimate of drug-likeness (QED) is 0.695. The monoisotopic (exact) mass is 290 g/mol. The molecule has 4 nitrogen and oxygen atoms in total. The van der Waals surface area contributed by atoms with Crippen LogP contribution in [0.4, 0.5) is 0 Å². The molecule has 2 rings (SSSR count). The van der Waals surface area contributed by atoms with E-state index in [2.05, 4.69) is 24.4 Å². The molecule has 116 valence electrons. The molecule has 4 heteroatoms. The van der Waals surface area contributed by atoms with Crippen molar-refractivity contribution < 1.29 is 9.53 Å². The number of rotatable bonds is 10. The molecule has 1 atom stereocenters. The molecule has 1 unspecified atom stereocenters. The molecule has 1 saturated carbocycles. The molecule has 0 radical (unpaired) electrons. The molecule has 1 aromatic rings. The Kier molecular flexibility index (Phi) is 6.05. The Morgan fingerprint density at radius 2 is 2.10 bits per heavy atom. The zero-order chi connectivity index (χ0) is 15.1. The highest BCUT2D eigenvalue weighted by molar-refractivity contribution is 5.79. The van der Waals surface area contributed by atoms with E-state index in [9.17, 15) is 4.79 Å². The molecule has 1 fully saturated rings. The zero-order valence-electron chi connectivity index (χ0n) is 12.8. The third-order valence-electron chi connectivity index (χ3n) is 3.78. The van der Waals surface area contributed by atoms with Crippen molar-refractivity contribution in [3.63, 3.8) is 0 Å². The second kappa shape index (κ2) is 8.03. The molecule has 0 heterocycles. The third kappa shape index (κ3) is 5.76. The van der Waals surface area contributed by atoms with Crippen LogP contribution in [0.25, 0.3) is 0 Å². The van der Waals surface area contributed by atoms with Crippen molar-refractivity contribution >= 4 is 5.91 Å². The topological polar surface area (TPSA) is 64.3 Å². The maximum absolute atomic E-state index is 11.4. The van der Waals surface area contributed by atoms with Gasteiger partial charge in [0.25, 0.3) is 0 Å². The fraction of sp³-hybridized carbons (Fsp3) is 0.588. The van der Waals surface area contributed by atoms with Crippen LogP contribution in [0.2, 0.25) is 0 Å². The van der Waals surface area contributed by atoms with Gasteiger partial charge in [0.05, 0.1) is 12.6 Å². The van der Waals surface area contributed by atoms with Gasteiger partial charge in [-0.05, 0) is 43.4 Å². The normalized spacial score (nSPS) is 15.7. The predicted molar refractivity (Wildman–Crippen MR) is 84.3 cm³/mol. The van der Waals surface area contributed by atoms with Crippen LogP contribution in [-0.4, -0.2) is 24.6 Å². The van der Waals surface area contributed by atoms with E-state index in [0.717, 1.165) is 25.0 Å². The molecular weight excluding hydrogens is 264 g/mol. The first-order chi connectivity index (χ1) is 10.2. The molecule has 1 aliphatic carbocycles. The summed E-state index contributed by atoms with van der Waals surface area (Å²) >= 11 is 0. The lowest BCUT2D eigenvalue weighted by Crippen LogP contribution is -2.43. The van der Waals surface area contributed by atoms with E-state index in [0.29, 0.717) is 19.1 Å². The van der Waals surface area contributed by atoms with Gasteiger partial charge in [-0.3, -0.25) is 4.79 Å². The summed E-state index contributed by atoms with van der Waals surface area (Å²) in [5, 5.41) is 3.25. The number of carbonyl (C=O) groups excluding carboxylic acids is 1. The van der Waals surface area contributed by atoms with Gasteiger partial charge in [-0.1, -0.05) is 25.5 Å². The average Bonchev–Trinajstić information content (AvgIpc) is 3.29. The Balaban J connectivity index is 1.72. The Labute approximate surface area is 127 Å². The van der Waals surface area contributed by atoms with E-state index >= 15 is 0 Å². The van der Waals surface area contributed by atoms with Gasteiger partial charge in [-0.15, -0.1) is 0 Å². The molecule has 0 saturated heterocycles. The zero-order valence-corrected chi connectivity index (χ0v) is 12.8. The SMILES string of the molecule is CCCCc1ccc(OCCC(NC2CC2)C(N)=O)cc1. The van der Waals surface area contributed by atoms with E-state index in [-0.39, 0.29) is 11.9 Å². The van der Waals surface area contributed by atoms with Crippen molar-refractivity contribution in [1.29, 1.82) is 0 Å². The van der Waals surface area contributed by atoms with Crippen LogP contribution in [0, 0.1) is 0 Å². The number of aryl methyl sites for hydroxylation is 1. The van der Waals surface area contributed by atoms with Crippen LogP contribution in [-0.2, 0) is 11.2 Å². The summed E-state index contributed by atoms with van der Waals surface area (Å²) in [6.07, 6.45) is 6.44. The number of hydrogen-bond donors (Lipinski definition) is 2. The predicted octanol–water partition coefficient (Wildman–Crippen LogP) is 2.40. The Hall–Kier alpha value is -1.55. The second-order valence-corrected chi connectivity index (χ2v) is 5.78. The molecule has 0 aromatic heterocycles. The van der Waals surface area contributed by atoms with Gasteiger partial charge >= 0.3 is 0 Å². The first-order valence-corrected chi connectivity index (χ1v) is 7.96. The highest BCUT2D eigenvalue weighted by Crippen LogP contribution is 2.20. The standard InChI is InChI=1S/C17H26N2O2/c1-2-3-4-13-5-9-15(10-6-13)21-12-11-16(17(18)20)19-14-7-8-14/h5-6,9-10,14,16,19H,2-4,7-8,11-12H2,1H3,(H2,18,20). The number of unbranched alkanes of at least 4 members (excludes halogenated alkanes) is 1. The smallest absolute Gasteiger partial charge is 0.234 e. The van der Waals surface area contributed by atoms with Gasteiger partial charge in [0.2, 0.25) is 5.91 Å². The highest BCUT2D eigenvalue weighted by atomic mass is 16.5. The summed E-state index contributed by atoms with van der Waals surface area (Å²) in [6, 6.07) is 8.41. The fourth-order valence-electron chi connectivity index (χ4n) is 2.27. The highest BCUT2D eigenvalue weighted by Gasteiger charge is 2.26. The van der Waals surface area contributed by atoms with Crippen molar-refractivity contribution in [2.24, 2.45) is 5.73 Å². The summed E-state index contributed by atoms with van der Waals surface area (Å²) < 4.78 is 5.70. The van der Waals surface area contributed by atoms with E-state index in [4.69, 9.17) is 10.5 Å². The van der Waals surface area contributed by atoms with E-state index in [1.54, 1.807) is 0 Å². The van der Waals surface area contributed by atoms with Crippen LogP contribution in [0.1, 0.15) is 44.6 Å². The van der Waals surface area contributed by atoms with Crippen LogP contribution < -0.4 is 15.8 Å². The first kappa shape index (κ1) is 15.8. The lowest BCUT2D eigenvalue weighted by Gasteiger charge is -2.15. The van der Waals surface area contributed by atoms with Crippen LogP contribution in [0.3, 0.4) is 0 Å². The Morgan fingerprint density at radius 3 is 2.67 bits per heavy atom. The third-order valence-corrected chi connectivity index (χ3v) is 3.78.